The molecule has 1 unspecified atom stereocenters. The monoisotopic (exact) mass is 132 g/mol. The molecule has 1 heterocycles. The van der Waals surface area contributed by atoms with Crippen LogP contribution < -0.4 is 5.32 Å². The van der Waals surface area contributed by atoms with Crippen molar-refractivity contribution < 1.29 is 4.74 Å². The Morgan fingerprint density at radius 3 is 3.00 bits per heavy atom. The van der Waals surface area contributed by atoms with Gasteiger partial charge in [-0.25, -0.2) is 0 Å². The van der Waals surface area contributed by atoms with Gasteiger partial charge in [-0.2, -0.15) is 11.4 Å². The molecule has 1 aliphatic heterocycles. The van der Waals surface area contributed by atoms with Crippen LogP contribution in [0, 0.1) is 0 Å². The number of thiol groups is 1. The summed E-state index contributed by atoms with van der Waals surface area (Å²) >= 11 is 0.842. The molecule has 0 amide bonds. The van der Waals surface area contributed by atoms with Gasteiger partial charge in [0.05, 0.1) is 6.61 Å². The molecule has 0 aromatic carbocycles. The van der Waals surface area contributed by atoms with E-state index in [9.17, 15) is 0 Å². The van der Waals surface area contributed by atoms with Gasteiger partial charge < -0.3 is 10.1 Å². The van der Waals surface area contributed by atoms with Gasteiger partial charge in [0.25, 0.3) is 0 Å². The van der Waals surface area contributed by atoms with Crippen LogP contribution >= 0.6 is 11.4 Å². The first-order valence-electron chi connectivity index (χ1n) is 2.66. The standard InChI is InChI=1S/C5H10NOS/c1-8-5-4-6-2-3-7-5/h1,5-6,8H,2-4H2. The lowest BCUT2D eigenvalue weighted by Gasteiger charge is -2.19. The molecule has 8 heavy (non-hydrogen) atoms. The highest BCUT2D eigenvalue weighted by Crippen LogP contribution is 2.02. The zero-order valence-electron chi connectivity index (χ0n) is 4.63. The minimum Gasteiger partial charge on any atom is -0.366 e. The summed E-state index contributed by atoms with van der Waals surface area (Å²) in [5.41, 5.74) is 0.226. The van der Waals surface area contributed by atoms with Crippen LogP contribution in [-0.2, 0) is 4.74 Å². The van der Waals surface area contributed by atoms with E-state index < -0.39 is 0 Å². The number of rotatable bonds is 1. The van der Waals surface area contributed by atoms with Gasteiger partial charge in [0.2, 0.25) is 0 Å². The van der Waals surface area contributed by atoms with E-state index in [1.807, 2.05) is 0 Å². The van der Waals surface area contributed by atoms with E-state index in [1.165, 1.54) is 0 Å². The molecule has 1 aliphatic rings. The maximum Gasteiger partial charge on any atom is 0.108 e. The Kier molecular flexibility index (Phi) is 2.52. The molecule has 1 atom stereocenters. The van der Waals surface area contributed by atoms with Gasteiger partial charge in [0, 0.05) is 13.1 Å². The Balaban J connectivity index is 2.22. The third-order valence-electron chi connectivity index (χ3n) is 1.07. The molecule has 0 aliphatic carbocycles. The second-order valence-corrected chi connectivity index (χ2v) is 2.55. The Morgan fingerprint density at radius 1 is 1.75 bits per heavy atom. The molecular formula is C5H10NOS. The van der Waals surface area contributed by atoms with E-state index in [-0.39, 0.29) is 5.44 Å². The molecule has 0 spiro atoms. The van der Waals surface area contributed by atoms with E-state index in [0.717, 1.165) is 31.0 Å². The number of ether oxygens (including phenoxy) is 1. The molecule has 1 radical (unpaired) electrons. The van der Waals surface area contributed by atoms with Crippen LogP contribution in [0.1, 0.15) is 0 Å². The summed E-state index contributed by atoms with van der Waals surface area (Å²) < 4.78 is 5.23. The van der Waals surface area contributed by atoms with Crippen molar-refractivity contribution in [3.8, 4) is 0 Å². The van der Waals surface area contributed by atoms with Crippen LogP contribution in [0.2, 0.25) is 0 Å². The number of nitrogens with one attached hydrogen (secondary N) is 1. The average molecular weight is 132 g/mol. The summed E-state index contributed by atoms with van der Waals surface area (Å²) in [4.78, 5) is 0. The fourth-order valence-corrected chi connectivity index (χ4v) is 1.07. The fourth-order valence-electron chi connectivity index (χ4n) is 0.647. The van der Waals surface area contributed by atoms with Crippen molar-refractivity contribution in [3.05, 3.63) is 0 Å². The van der Waals surface area contributed by atoms with Crippen molar-refractivity contribution in [3.63, 3.8) is 0 Å². The minimum atomic E-state index is 0.226. The van der Waals surface area contributed by atoms with Crippen molar-refractivity contribution in [1.29, 1.82) is 0 Å². The van der Waals surface area contributed by atoms with E-state index in [4.69, 9.17) is 10.6 Å². The quantitative estimate of drug-likeness (QED) is 0.378. The predicted octanol–water partition coefficient (Wildman–Crippen LogP) is -0.293. The molecule has 1 saturated heterocycles. The lowest BCUT2D eigenvalue weighted by atomic mass is 10.5. The molecule has 0 aromatic rings. The summed E-state index contributed by atoms with van der Waals surface area (Å²) in [5, 5.41) is 3.17. The molecule has 3 heteroatoms. The molecular weight excluding hydrogens is 122 g/mol. The second kappa shape index (κ2) is 3.22. The highest BCUT2D eigenvalue weighted by atomic mass is 32.1. The van der Waals surface area contributed by atoms with Gasteiger partial charge in [-0.15, -0.1) is 0 Å². The number of hydrogen-bond acceptors (Lipinski definition) is 2. The Bertz CT molecular complexity index is 80.5. The van der Waals surface area contributed by atoms with Crippen LogP contribution in [-0.4, -0.2) is 31.0 Å². The highest BCUT2D eigenvalue weighted by molar-refractivity contribution is 7.97. The topological polar surface area (TPSA) is 21.3 Å². The Morgan fingerprint density at radius 2 is 2.62 bits per heavy atom. The molecule has 1 fully saturated rings. The summed E-state index contributed by atoms with van der Waals surface area (Å²) in [6.07, 6.45) is 0. The maximum absolute atomic E-state index is 5.31. The zero-order chi connectivity index (χ0) is 5.82. The average Bonchev–Trinajstić information content (AvgIpc) is 1.90. The third-order valence-corrected chi connectivity index (χ3v) is 1.74. The van der Waals surface area contributed by atoms with Crippen LogP contribution in [0.15, 0.2) is 0 Å². The van der Waals surface area contributed by atoms with Gasteiger partial charge in [0.15, 0.2) is 0 Å². The van der Waals surface area contributed by atoms with Gasteiger partial charge >= 0.3 is 0 Å². The first-order valence-corrected chi connectivity index (χ1v) is 3.69. The van der Waals surface area contributed by atoms with Crippen LogP contribution in [0.25, 0.3) is 0 Å². The van der Waals surface area contributed by atoms with Crippen molar-refractivity contribution in [1.82, 2.24) is 5.32 Å². The number of hydrogen-bond donors (Lipinski definition) is 2. The Hall–Kier alpha value is 0.140. The van der Waals surface area contributed by atoms with E-state index >= 15 is 0 Å². The molecule has 1 rings (SSSR count). The van der Waals surface area contributed by atoms with Gasteiger partial charge in [-0.1, -0.05) is 0 Å². The predicted molar refractivity (Wildman–Crippen MR) is 37.7 cm³/mol. The SMILES string of the molecule is [CH]=[SH]C1CNCCO1. The first-order chi connectivity index (χ1) is 3.93. The van der Waals surface area contributed by atoms with E-state index in [0.29, 0.717) is 0 Å². The zero-order valence-corrected chi connectivity index (χ0v) is 5.53. The normalized spacial score (nSPS) is 30.2. The smallest absolute Gasteiger partial charge is 0.108 e. The summed E-state index contributed by atoms with van der Waals surface area (Å²) in [7, 11) is 0. The molecule has 0 bridgehead atoms. The lowest BCUT2D eigenvalue weighted by molar-refractivity contribution is 0.0863. The van der Waals surface area contributed by atoms with Crippen molar-refractivity contribution in [2.75, 3.05) is 19.7 Å². The first kappa shape index (κ1) is 6.26. The van der Waals surface area contributed by atoms with Crippen molar-refractivity contribution in [2.24, 2.45) is 0 Å². The Labute approximate surface area is 53.2 Å². The molecule has 0 saturated carbocycles. The maximum atomic E-state index is 5.31. The van der Waals surface area contributed by atoms with Crippen LogP contribution in [0.4, 0.5) is 0 Å². The molecule has 47 valence electrons. The summed E-state index contributed by atoms with van der Waals surface area (Å²) in [5.74, 6) is 5.31. The summed E-state index contributed by atoms with van der Waals surface area (Å²) in [6, 6.07) is 0. The second-order valence-electron chi connectivity index (χ2n) is 1.68. The highest BCUT2D eigenvalue weighted by Gasteiger charge is 2.06. The third kappa shape index (κ3) is 1.58. The lowest BCUT2D eigenvalue weighted by Crippen LogP contribution is -2.35. The number of morpholine rings is 1. The van der Waals surface area contributed by atoms with Gasteiger partial charge in [-0.05, 0) is 5.87 Å². The van der Waals surface area contributed by atoms with Crippen LogP contribution in [0.3, 0.4) is 0 Å². The summed E-state index contributed by atoms with van der Waals surface area (Å²) in [6.45, 7) is 2.67. The van der Waals surface area contributed by atoms with Gasteiger partial charge in [-0.3, -0.25) is 0 Å². The molecule has 1 N–H and O–H groups in total. The van der Waals surface area contributed by atoms with E-state index in [2.05, 4.69) is 5.32 Å². The fraction of sp³-hybridized carbons (Fsp3) is 0.800. The largest absolute Gasteiger partial charge is 0.366 e. The molecule has 2 nitrogen and oxygen atoms in total. The molecule has 0 aromatic heterocycles. The van der Waals surface area contributed by atoms with Gasteiger partial charge in [0.1, 0.15) is 5.44 Å². The van der Waals surface area contributed by atoms with E-state index in [1.54, 1.807) is 0 Å². The van der Waals surface area contributed by atoms with Crippen molar-refractivity contribution in [2.45, 2.75) is 5.44 Å². The van der Waals surface area contributed by atoms with Crippen LogP contribution in [0.5, 0.6) is 0 Å². The van der Waals surface area contributed by atoms with Crippen molar-refractivity contribution >= 4 is 17.2 Å². The minimum absolute atomic E-state index is 0.226.